The summed E-state index contributed by atoms with van der Waals surface area (Å²) in [6.07, 6.45) is 4.42. The van der Waals surface area contributed by atoms with Gasteiger partial charge in [-0.3, -0.25) is 9.59 Å². The SMILES string of the molecule is CCCCCOc1ccc([C@@H]2C(=C(O)c3ccc4c(c3)C[C@@H](C)O4)C(=O)C(=O)N2CCc2ccccc2)cc1OC. The number of Topliss-reactive ketones (excluding diaryl/α,β-unsaturated/α-hetero) is 1. The lowest BCUT2D eigenvalue weighted by atomic mass is 9.94. The molecule has 2 heterocycles. The topological polar surface area (TPSA) is 85.3 Å². The lowest BCUT2D eigenvalue weighted by Gasteiger charge is -2.26. The van der Waals surface area contributed by atoms with Crippen molar-refractivity contribution in [3.8, 4) is 17.2 Å². The summed E-state index contributed by atoms with van der Waals surface area (Å²) in [5, 5.41) is 11.6. The Balaban J connectivity index is 1.54. The van der Waals surface area contributed by atoms with Crippen molar-refractivity contribution in [2.24, 2.45) is 0 Å². The molecule has 214 valence electrons. The number of likely N-dealkylation sites (tertiary alicyclic amines) is 1. The fourth-order valence-corrected chi connectivity index (χ4v) is 5.58. The molecule has 2 atom stereocenters. The van der Waals surface area contributed by atoms with Gasteiger partial charge in [0.25, 0.3) is 11.7 Å². The third-order valence-electron chi connectivity index (χ3n) is 7.70. The summed E-state index contributed by atoms with van der Waals surface area (Å²) in [6, 6.07) is 19.9. The average Bonchev–Trinajstić information content (AvgIpc) is 3.49. The number of hydrogen-bond donors (Lipinski definition) is 1. The van der Waals surface area contributed by atoms with Gasteiger partial charge in [0.1, 0.15) is 17.6 Å². The number of rotatable bonds is 11. The Hall–Kier alpha value is -4.26. The van der Waals surface area contributed by atoms with Crippen molar-refractivity contribution in [3.63, 3.8) is 0 Å². The Morgan fingerprint density at radius 2 is 1.83 bits per heavy atom. The predicted molar refractivity (Wildman–Crippen MR) is 157 cm³/mol. The number of aliphatic hydroxyl groups excluding tert-OH is 1. The van der Waals surface area contributed by atoms with E-state index >= 15 is 0 Å². The zero-order chi connectivity index (χ0) is 28.9. The van der Waals surface area contributed by atoms with Gasteiger partial charge in [-0.25, -0.2) is 0 Å². The molecule has 1 saturated heterocycles. The van der Waals surface area contributed by atoms with Crippen molar-refractivity contribution in [1.82, 2.24) is 4.90 Å². The molecule has 1 amide bonds. The van der Waals surface area contributed by atoms with Gasteiger partial charge in [-0.05, 0) is 66.8 Å². The van der Waals surface area contributed by atoms with Gasteiger partial charge in [0.15, 0.2) is 11.5 Å². The summed E-state index contributed by atoms with van der Waals surface area (Å²) < 4.78 is 17.4. The van der Waals surface area contributed by atoms with Crippen LogP contribution in [-0.4, -0.2) is 48.1 Å². The van der Waals surface area contributed by atoms with Crippen LogP contribution < -0.4 is 14.2 Å². The molecular weight excluding hydrogens is 518 g/mol. The molecule has 41 heavy (non-hydrogen) atoms. The zero-order valence-corrected chi connectivity index (χ0v) is 23.9. The van der Waals surface area contributed by atoms with Crippen molar-refractivity contribution >= 4 is 17.4 Å². The first-order valence-corrected chi connectivity index (χ1v) is 14.3. The largest absolute Gasteiger partial charge is 0.507 e. The van der Waals surface area contributed by atoms with E-state index in [9.17, 15) is 14.7 Å². The second kappa shape index (κ2) is 12.5. The molecule has 5 rings (SSSR count). The molecule has 7 heteroatoms. The van der Waals surface area contributed by atoms with Crippen LogP contribution in [0.4, 0.5) is 0 Å². The number of benzene rings is 3. The van der Waals surface area contributed by atoms with Crippen molar-refractivity contribution < 1.29 is 28.9 Å². The molecule has 3 aromatic carbocycles. The van der Waals surface area contributed by atoms with E-state index in [1.165, 1.54) is 0 Å². The molecule has 0 radical (unpaired) electrons. The Morgan fingerprint density at radius 1 is 1.02 bits per heavy atom. The number of amides is 1. The predicted octanol–water partition coefficient (Wildman–Crippen LogP) is 6.25. The maximum absolute atomic E-state index is 13.5. The number of fused-ring (bicyclic) bond motifs is 1. The number of aliphatic hydroxyl groups is 1. The van der Waals surface area contributed by atoms with Gasteiger partial charge in [0.05, 0.1) is 25.3 Å². The summed E-state index contributed by atoms with van der Waals surface area (Å²) in [4.78, 5) is 28.6. The van der Waals surface area contributed by atoms with E-state index in [1.807, 2.05) is 61.5 Å². The van der Waals surface area contributed by atoms with Crippen LogP contribution in [-0.2, 0) is 22.4 Å². The highest BCUT2D eigenvalue weighted by Gasteiger charge is 2.46. The summed E-state index contributed by atoms with van der Waals surface area (Å²) in [5.74, 6) is 0.344. The van der Waals surface area contributed by atoms with Crippen LogP contribution in [0.1, 0.15) is 61.4 Å². The summed E-state index contributed by atoms with van der Waals surface area (Å²) >= 11 is 0. The maximum atomic E-state index is 13.5. The molecule has 1 N–H and O–H groups in total. The van der Waals surface area contributed by atoms with E-state index in [0.717, 1.165) is 36.1 Å². The molecule has 3 aromatic rings. The highest BCUT2D eigenvalue weighted by atomic mass is 16.5. The second-order valence-corrected chi connectivity index (χ2v) is 10.6. The Bertz CT molecular complexity index is 1450. The normalized spacial score (nSPS) is 19.2. The minimum Gasteiger partial charge on any atom is -0.507 e. The summed E-state index contributed by atoms with van der Waals surface area (Å²) in [6.45, 7) is 5.01. The Labute approximate surface area is 241 Å². The van der Waals surface area contributed by atoms with Crippen LogP contribution in [0.2, 0.25) is 0 Å². The summed E-state index contributed by atoms with van der Waals surface area (Å²) in [5.41, 5.74) is 3.22. The monoisotopic (exact) mass is 555 g/mol. The van der Waals surface area contributed by atoms with Gasteiger partial charge in [0, 0.05) is 18.5 Å². The Morgan fingerprint density at radius 3 is 2.59 bits per heavy atom. The number of ether oxygens (including phenoxy) is 3. The smallest absolute Gasteiger partial charge is 0.295 e. The van der Waals surface area contributed by atoms with Gasteiger partial charge >= 0.3 is 0 Å². The first kappa shape index (κ1) is 28.3. The van der Waals surface area contributed by atoms with Gasteiger partial charge in [-0.15, -0.1) is 0 Å². The quantitative estimate of drug-likeness (QED) is 0.130. The highest BCUT2D eigenvalue weighted by molar-refractivity contribution is 6.46. The molecule has 0 aliphatic carbocycles. The van der Waals surface area contributed by atoms with Crippen molar-refractivity contribution in [2.75, 3.05) is 20.3 Å². The fourth-order valence-electron chi connectivity index (χ4n) is 5.58. The van der Waals surface area contributed by atoms with Gasteiger partial charge in [-0.2, -0.15) is 0 Å². The minimum absolute atomic E-state index is 0.0427. The molecule has 0 bridgehead atoms. The maximum Gasteiger partial charge on any atom is 0.295 e. The first-order chi connectivity index (χ1) is 19.9. The first-order valence-electron chi connectivity index (χ1n) is 14.3. The van der Waals surface area contributed by atoms with E-state index in [4.69, 9.17) is 14.2 Å². The van der Waals surface area contributed by atoms with Gasteiger partial charge in [-0.1, -0.05) is 56.2 Å². The molecular formula is C34H37NO6. The van der Waals surface area contributed by atoms with E-state index < -0.39 is 17.7 Å². The molecule has 0 unspecified atom stereocenters. The molecule has 0 spiro atoms. The van der Waals surface area contributed by atoms with Crippen LogP contribution in [0.15, 0.2) is 72.3 Å². The van der Waals surface area contributed by atoms with Gasteiger partial charge < -0.3 is 24.2 Å². The molecule has 0 saturated carbocycles. The summed E-state index contributed by atoms with van der Waals surface area (Å²) in [7, 11) is 1.57. The van der Waals surface area contributed by atoms with Crippen LogP contribution in [0, 0.1) is 0 Å². The zero-order valence-electron chi connectivity index (χ0n) is 23.9. The second-order valence-electron chi connectivity index (χ2n) is 10.6. The van der Waals surface area contributed by atoms with E-state index in [2.05, 4.69) is 6.92 Å². The highest BCUT2D eigenvalue weighted by Crippen LogP contribution is 2.43. The fraction of sp³-hybridized carbons (Fsp3) is 0.353. The molecule has 2 aliphatic rings. The lowest BCUT2D eigenvalue weighted by molar-refractivity contribution is -0.139. The van der Waals surface area contributed by atoms with Crippen LogP contribution in [0.3, 0.4) is 0 Å². The molecule has 0 aromatic heterocycles. The lowest BCUT2D eigenvalue weighted by Crippen LogP contribution is -2.31. The number of methoxy groups -OCH3 is 1. The van der Waals surface area contributed by atoms with Crippen LogP contribution >= 0.6 is 0 Å². The van der Waals surface area contributed by atoms with Crippen LogP contribution in [0.5, 0.6) is 17.2 Å². The Kier molecular flexibility index (Phi) is 8.62. The van der Waals surface area contributed by atoms with Crippen molar-refractivity contribution in [1.29, 1.82) is 0 Å². The molecule has 2 aliphatic heterocycles. The minimum atomic E-state index is -0.787. The number of carbonyl (C=O) groups excluding carboxylic acids is 2. The third-order valence-corrected chi connectivity index (χ3v) is 7.70. The average molecular weight is 556 g/mol. The van der Waals surface area contributed by atoms with E-state index in [0.29, 0.717) is 48.6 Å². The number of hydrogen-bond acceptors (Lipinski definition) is 6. The standard InChI is InChI=1S/C34H37NO6/c1-4-5-9-18-40-28-15-12-24(21-29(28)39-3)31-30(32(36)25-13-14-27-26(20-25)19-22(2)41-27)33(37)34(38)35(31)17-16-23-10-7-6-8-11-23/h6-8,10-15,20-22,31,36H,4-5,9,16-19H2,1-3H3/t22-,31-/m1/s1. The number of carbonyl (C=O) groups is 2. The van der Waals surface area contributed by atoms with Crippen molar-refractivity contribution in [3.05, 3.63) is 94.6 Å². The van der Waals surface area contributed by atoms with Gasteiger partial charge in [0.2, 0.25) is 0 Å². The third kappa shape index (κ3) is 5.94. The van der Waals surface area contributed by atoms with Crippen LogP contribution in [0.25, 0.3) is 5.76 Å². The number of ketones is 1. The molecule has 1 fully saturated rings. The molecule has 7 nitrogen and oxygen atoms in total. The number of unbranched alkanes of at least 4 members (excludes halogenated alkanes) is 2. The number of nitrogens with zero attached hydrogens (tertiary/aromatic N) is 1. The van der Waals surface area contributed by atoms with E-state index in [1.54, 1.807) is 24.1 Å². The van der Waals surface area contributed by atoms with Crippen molar-refractivity contribution in [2.45, 2.75) is 58.1 Å². The van der Waals surface area contributed by atoms with E-state index in [-0.39, 0.29) is 17.4 Å².